The number of hydrogen-bond acceptors (Lipinski definition) is 4. The highest BCUT2D eigenvalue weighted by Crippen LogP contribution is 2.21. The number of rotatable bonds is 5. The Labute approximate surface area is 111 Å². The molecule has 0 atom stereocenters. The molecule has 0 aliphatic heterocycles. The van der Waals surface area contributed by atoms with Crippen LogP contribution in [0.2, 0.25) is 0 Å². The fourth-order valence-electron chi connectivity index (χ4n) is 1.90. The average Bonchev–Trinajstić information content (AvgIpc) is 2.77. The zero-order chi connectivity index (χ0) is 13.8. The van der Waals surface area contributed by atoms with Crippen LogP contribution >= 0.6 is 0 Å². The number of benzene rings is 1. The molecule has 1 aromatic carbocycles. The molecule has 0 fully saturated rings. The first-order valence-electron chi connectivity index (χ1n) is 6.02. The highest BCUT2D eigenvalue weighted by atomic mass is 16.6. The number of nitrogens with zero attached hydrogens (tertiary/aromatic N) is 3. The summed E-state index contributed by atoms with van der Waals surface area (Å²) in [4.78, 5) is 10.3. The second kappa shape index (κ2) is 5.51. The molecule has 0 saturated carbocycles. The highest BCUT2D eigenvalue weighted by molar-refractivity contribution is 5.55. The van der Waals surface area contributed by atoms with Gasteiger partial charge in [-0.1, -0.05) is 0 Å². The summed E-state index contributed by atoms with van der Waals surface area (Å²) in [6, 6.07) is 4.84. The minimum absolute atomic E-state index is 0.121. The molecule has 0 aliphatic rings. The van der Waals surface area contributed by atoms with Crippen LogP contribution in [0.3, 0.4) is 0 Å². The fraction of sp³-hybridized carbons (Fsp3) is 0.308. The third kappa shape index (κ3) is 3.31. The van der Waals surface area contributed by atoms with Crippen LogP contribution in [0.1, 0.15) is 11.1 Å². The number of nitrogens with one attached hydrogen (secondary N) is 1. The number of aromatic nitrogens is 2. The van der Waals surface area contributed by atoms with Crippen molar-refractivity contribution < 1.29 is 4.92 Å². The maximum absolute atomic E-state index is 10.6. The van der Waals surface area contributed by atoms with Gasteiger partial charge in [0.2, 0.25) is 0 Å². The first-order chi connectivity index (χ1) is 9.06. The van der Waals surface area contributed by atoms with Crippen molar-refractivity contribution in [2.45, 2.75) is 13.3 Å². The SMILES string of the molecule is Cc1cc([N+](=O)[O-])ccc1NCCc1cnn(C)c1. The average molecular weight is 260 g/mol. The predicted octanol–water partition coefficient (Wildman–Crippen LogP) is 2.29. The quantitative estimate of drug-likeness (QED) is 0.661. The van der Waals surface area contributed by atoms with Crippen molar-refractivity contribution in [1.29, 1.82) is 0 Å². The molecule has 6 nitrogen and oxygen atoms in total. The van der Waals surface area contributed by atoms with Gasteiger partial charge in [-0.25, -0.2) is 0 Å². The van der Waals surface area contributed by atoms with Gasteiger partial charge >= 0.3 is 0 Å². The second-order valence-corrected chi connectivity index (χ2v) is 4.46. The summed E-state index contributed by atoms with van der Waals surface area (Å²) in [6.07, 6.45) is 4.68. The Balaban J connectivity index is 1.94. The van der Waals surface area contributed by atoms with Crippen LogP contribution in [0, 0.1) is 17.0 Å². The molecule has 0 spiro atoms. The standard InChI is InChI=1S/C13H16N4O2/c1-10-7-12(17(18)19)3-4-13(10)14-6-5-11-8-15-16(2)9-11/h3-4,7-9,14H,5-6H2,1-2H3. The number of anilines is 1. The maximum atomic E-state index is 10.6. The zero-order valence-corrected chi connectivity index (χ0v) is 11.0. The number of hydrogen-bond donors (Lipinski definition) is 1. The summed E-state index contributed by atoms with van der Waals surface area (Å²) >= 11 is 0. The van der Waals surface area contributed by atoms with Crippen molar-refractivity contribution in [3.05, 3.63) is 51.8 Å². The molecule has 0 saturated heterocycles. The Morgan fingerprint density at radius 2 is 2.26 bits per heavy atom. The van der Waals surface area contributed by atoms with Crippen molar-refractivity contribution in [2.24, 2.45) is 7.05 Å². The molecule has 0 radical (unpaired) electrons. The van der Waals surface area contributed by atoms with Gasteiger partial charge in [-0.3, -0.25) is 14.8 Å². The zero-order valence-electron chi connectivity index (χ0n) is 11.0. The molecular weight excluding hydrogens is 244 g/mol. The van der Waals surface area contributed by atoms with Gasteiger partial charge in [-0.15, -0.1) is 0 Å². The number of non-ortho nitro benzene ring substituents is 1. The van der Waals surface area contributed by atoms with E-state index >= 15 is 0 Å². The van der Waals surface area contributed by atoms with Gasteiger partial charge in [0.05, 0.1) is 11.1 Å². The molecular formula is C13H16N4O2. The van der Waals surface area contributed by atoms with E-state index in [0.29, 0.717) is 0 Å². The Bertz CT molecular complexity index is 592. The molecule has 0 aliphatic carbocycles. The number of nitro benzene ring substituents is 1. The monoisotopic (exact) mass is 260 g/mol. The van der Waals surface area contributed by atoms with Crippen LogP contribution in [0.5, 0.6) is 0 Å². The largest absolute Gasteiger partial charge is 0.384 e. The van der Waals surface area contributed by atoms with Crippen molar-refractivity contribution in [2.75, 3.05) is 11.9 Å². The van der Waals surface area contributed by atoms with Crippen LogP contribution in [0.15, 0.2) is 30.6 Å². The summed E-state index contributed by atoms with van der Waals surface area (Å²) < 4.78 is 1.77. The van der Waals surface area contributed by atoms with E-state index in [-0.39, 0.29) is 10.6 Å². The molecule has 2 aromatic rings. The van der Waals surface area contributed by atoms with Crippen LogP contribution in [0.4, 0.5) is 11.4 Å². The Kier molecular flexibility index (Phi) is 3.79. The van der Waals surface area contributed by atoms with E-state index in [1.807, 2.05) is 26.4 Å². The lowest BCUT2D eigenvalue weighted by molar-refractivity contribution is -0.384. The maximum Gasteiger partial charge on any atom is 0.269 e. The first-order valence-corrected chi connectivity index (χ1v) is 6.02. The van der Waals surface area contributed by atoms with E-state index < -0.39 is 0 Å². The third-order valence-electron chi connectivity index (χ3n) is 2.91. The molecule has 6 heteroatoms. The fourth-order valence-corrected chi connectivity index (χ4v) is 1.90. The summed E-state index contributed by atoms with van der Waals surface area (Å²) in [7, 11) is 1.89. The number of aryl methyl sites for hydroxylation is 2. The van der Waals surface area contributed by atoms with Gasteiger partial charge < -0.3 is 5.32 Å². The summed E-state index contributed by atoms with van der Waals surface area (Å²) in [6.45, 7) is 2.63. The third-order valence-corrected chi connectivity index (χ3v) is 2.91. The Morgan fingerprint density at radius 3 is 2.84 bits per heavy atom. The number of nitro groups is 1. The van der Waals surface area contributed by atoms with Crippen molar-refractivity contribution >= 4 is 11.4 Å². The van der Waals surface area contributed by atoms with E-state index in [4.69, 9.17) is 0 Å². The molecule has 1 N–H and O–H groups in total. The minimum Gasteiger partial charge on any atom is -0.384 e. The van der Waals surface area contributed by atoms with Crippen LogP contribution < -0.4 is 5.32 Å². The Morgan fingerprint density at radius 1 is 1.47 bits per heavy atom. The molecule has 1 heterocycles. The van der Waals surface area contributed by atoms with Gasteiger partial charge in [0.15, 0.2) is 0 Å². The smallest absolute Gasteiger partial charge is 0.269 e. The van der Waals surface area contributed by atoms with Crippen LogP contribution in [0.25, 0.3) is 0 Å². The van der Waals surface area contributed by atoms with Gasteiger partial charge in [-0.05, 0) is 30.5 Å². The summed E-state index contributed by atoms with van der Waals surface area (Å²) in [5, 5.41) is 18.0. The van der Waals surface area contributed by atoms with E-state index in [1.165, 1.54) is 6.07 Å². The van der Waals surface area contributed by atoms with E-state index in [9.17, 15) is 10.1 Å². The highest BCUT2D eigenvalue weighted by Gasteiger charge is 2.07. The lowest BCUT2D eigenvalue weighted by Gasteiger charge is -2.08. The van der Waals surface area contributed by atoms with Gasteiger partial charge in [-0.2, -0.15) is 5.10 Å². The molecule has 1 aromatic heterocycles. The van der Waals surface area contributed by atoms with Gasteiger partial charge in [0.1, 0.15) is 0 Å². The lowest BCUT2D eigenvalue weighted by Crippen LogP contribution is -2.05. The van der Waals surface area contributed by atoms with Gasteiger partial charge in [0, 0.05) is 37.6 Å². The second-order valence-electron chi connectivity index (χ2n) is 4.46. The molecule has 0 bridgehead atoms. The van der Waals surface area contributed by atoms with Gasteiger partial charge in [0.25, 0.3) is 5.69 Å². The van der Waals surface area contributed by atoms with Crippen molar-refractivity contribution in [3.8, 4) is 0 Å². The normalized spacial score (nSPS) is 10.4. The summed E-state index contributed by atoms with van der Waals surface area (Å²) in [5.41, 5.74) is 3.08. The topological polar surface area (TPSA) is 73.0 Å². The van der Waals surface area contributed by atoms with Crippen LogP contribution in [-0.4, -0.2) is 21.2 Å². The van der Waals surface area contributed by atoms with E-state index in [0.717, 1.165) is 29.8 Å². The molecule has 19 heavy (non-hydrogen) atoms. The van der Waals surface area contributed by atoms with Crippen molar-refractivity contribution in [1.82, 2.24) is 9.78 Å². The Hall–Kier alpha value is -2.37. The van der Waals surface area contributed by atoms with Crippen LogP contribution in [-0.2, 0) is 13.5 Å². The van der Waals surface area contributed by atoms with E-state index in [2.05, 4.69) is 10.4 Å². The minimum atomic E-state index is -0.383. The molecule has 0 amide bonds. The molecule has 2 rings (SSSR count). The first kappa shape index (κ1) is 13.1. The molecule has 0 unspecified atom stereocenters. The lowest BCUT2D eigenvalue weighted by atomic mass is 10.1. The molecule has 100 valence electrons. The summed E-state index contributed by atoms with van der Waals surface area (Å²) in [5.74, 6) is 0. The van der Waals surface area contributed by atoms with Crippen molar-refractivity contribution in [3.63, 3.8) is 0 Å². The predicted molar refractivity (Wildman–Crippen MR) is 73.2 cm³/mol. The van der Waals surface area contributed by atoms with E-state index in [1.54, 1.807) is 16.8 Å².